The number of guanidine groups is 1. The molecular weight excluding hydrogens is 375 g/mol. The highest BCUT2D eigenvalue weighted by Crippen LogP contribution is 2.41. The zero-order valence-corrected chi connectivity index (χ0v) is 16.7. The number of ether oxygens (including phenoxy) is 2. The van der Waals surface area contributed by atoms with Crippen LogP contribution in [0.25, 0.3) is 11.1 Å². The lowest BCUT2D eigenvalue weighted by Crippen LogP contribution is -2.42. The predicted molar refractivity (Wildman–Crippen MR) is 108 cm³/mol. The maximum absolute atomic E-state index is 14.2. The van der Waals surface area contributed by atoms with Gasteiger partial charge in [-0.2, -0.15) is 4.39 Å². The smallest absolute Gasteiger partial charge is 0.220 e. The molecule has 1 amide bonds. The van der Waals surface area contributed by atoms with Crippen LogP contribution in [0, 0.1) is 5.95 Å². The van der Waals surface area contributed by atoms with Crippen LogP contribution in [0.1, 0.15) is 31.9 Å². The Morgan fingerprint density at radius 2 is 2.24 bits per heavy atom. The fourth-order valence-electron chi connectivity index (χ4n) is 3.27. The Kier molecular flexibility index (Phi) is 6.43. The Labute approximate surface area is 169 Å². The monoisotopic (exact) mass is 400 g/mol. The molecule has 0 spiro atoms. The summed E-state index contributed by atoms with van der Waals surface area (Å²) in [6, 6.07) is 8.20. The first-order valence-electron chi connectivity index (χ1n) is 9.50. The van der Waals surface area contributed by atoms with Crippen LogP contribution in [0.4, 0.5) is 4.39 Å². The van der Waals surface area contributed by atoms with Gasteiger partial charge in [0.15, 0.2) is 5.96 Å². The summed E-state index contributed by atoms with van der Waals surface area (Å²) in [5.74, 6) is 0.127. The molecule has 7 nitrogen and oxygen atoms in total. The summed E-state index contributed by atoms with van der Waals surface area (Å²) >= 11 is 0. The van der Waals surface area contributed by atoms with Gasteiger partial charge in [-0.05, 0) is 43.2 Å². The number of pyridine rings is 1. The Hall–Kier alpha value is -3.00. The quantitative estimate of drug-likeness (QED) is 0.349. The first-order valence-corrected chi connectivity index (χ1v) is 9.50. The van der Waals surface area contributed by atoms with E-state index in [1.165, 1.54) is 18.1 Å². The lowest BCUT2D eigenvalue weighted by molar-refractivity contribution is -0.114. The molecule has 0 unspecified atom stereocenters. The van der Waals surface area contributed by atoms with Gasteiger partial charge in [0.05, 0.1) is 0 Å². The largest absolute Gasteiger partial charge is 0.488 e. The van der Waals surface area contributed by atoms with E-state index in [2.05, 4.69) is 9.98 Å². The molecule has 0 radical (unpaired) electrons. The molecule has 154 valence electrons. The van der Waals surface area contributed by atoms with Gasteiger partial charge >= 0.3 is 0 Å². The number of hydrogen-bond donors (Lipinski definition) is 1. The molecule has 0 bridgehead atoms. The molecule has 1 aliphatic rings. The molecule has 2 heterocycles. The second-order valence-electron chi connectivity index (χ2n) is 6.90. The second-order valence-corrected chi connectivity index (χ2v) is 6.90. The van der Waals surface area contributed by atoms with Crippen LogP contribution in [0.15, 0.2) is 41.5 Å². The molecule has 0 fully saturated rings. The van der Waals surface area contributed by atoms with Gasteiger partial charge in [0, 0.05) is 31.0 Å². The minimum atomic E-state index is -0.559. The number of fused-ring (bicyclic) bond motifs is 1. The van der Waals surface area contributed by atoms with Crippen LogP contribution in [-0.4, -0.2) is 48.1 Å². The Morgan fingerprint density at radius 1 is 1.45 bits per heavy atom. The van der Waals surface area contributed by atoms with E-state index in [4.69, 9.17) is 15.2 Å². The Morgan fingerprint density at radius 3 is 2.93 bits per heavy atom. The third-order valence-corrected chi connectivity index (χ3v) is 4.79. The maximum atomic E-state index is 14.2. The van der Waals surface area contributed by atoms with Crippen LogP contribution in [0.2, 0.25) is 0 Å². The minimum absolute atomic E-state index is 0.0631. The SMILES string of the molecule is CCCO[C@@H]1[C@H](C)Oc2ccc(-c3cccnc3F)cc2[C@@H]1N=C(N)N(C)C=O. The Balaban J connectivity index is 2.10. The van der Waals surface area contributed by atoms with Crippen molar-refractivity contribution in [3.05, 3.63) is 48.0 Å². The van der Waals surface area contributed by atoms with Gasteiger partial charge in [0.25, 0.3) is 0 Å². The highest BCUT2D eigenvalue weighted by molar-refractivity contribution is 5.87. The molecular formula is C21H25FN4O3. The molecule has 3 rings (SSSR count). The van der Waals surface area contributed by atoms with E-state index >= 15 is 0 Å². The third-order valence-electron chi connectivity index (χ3n) is 4.79. The number of carbonyl (C=O) groups is 1. The van der Waals surface area contributed by atoms with E-state index in [0.29, 0.717) is 35.5 Å². The van der Waals surface area contributed by atoms with Crippen LogP contribution in [0.3, 0.4) is 0 Å². The highest BCUT2D eigenvalue weighted by atomic mass is 19.1. The summed E-state index contributed by atoms with van der Waals surface area (Å²) in [5, 5.41) is 0. The fourth-order valence-corrected chi connectivity index (χ4v) is 3.27. The number of rotatable bonds is 6. The van der Waals surface area contributed by atoms with Crippen LogP contribution in [-0.2, 0) is 9.53 Å². The average molecular weight is 400 g/mol. The molecule has 1 aromatic carbocycles. The van der Waals surface area contributed by atoms with Gasteiger partial charge in [-0.3, -0.25) is 9.69 Å². The van der Waals surface area contributed by atoms with Gasteiger partial charge in [-0.15, -0.1) is 0 Å². The molecule has 0 saturated carbocycles. The van der Waals surface area contributed by atoms with Crippen LogP contribution < -0.4 is 10.5 Å². The van der Waals surface area contributed by atoms with Crippen molar-refractivity contribution >= 4 is 12.4 Å². The molecule has 0 saturated heterocycles. The van der Waals surface area contributed by atoms with Crippen molar-refractivity contribution in [1.82, 2.24) is 9.88 Å². The van der Waals surface area contributed by atoms with Gasteiger partial charge in [0.1, 0.15) is 24.0 Å². The summed E-state index contributed by atoms with van der Waals surface area (Å²) < 4.78 is 26.3. The molecule has 29 heavy (non-hydrogen) atoms. The minimum Gasteiger partial charge on any atom is -0.488 e. The van der Waals surface area contributed by atoms with Gasteiger partial charge in [-0.25, -0.2) is 9.98 Å². The summed E-state index contributed by atoms with van der Waals surface area (Å²) in [6.07, 6.45) is 2.14. The summed E-state index contributed by atoms with van der Waals surface area (Å²) in [7, 11) is 1.53. The zero-order valence-electron chi connectivity index (χ0n) is 16.7. The van der Waals surface area contributed by atoms with Crippen molar-refractivity contribution in [2.45, 2.75) is 38.5 Å². The molecule has 1 aliphatic heterocycles. The van der Waals surface area contributed by atoms with Crippen molar-refractivity contribution in [3.8, 4) is 16.9 Å². The topological polar surface area (TPSA) is 90.0 Å². The average Bonchev–Trinajstić information content (AvgIpc) is 2.72. The zero-order chi connectivity index (χ0) is 21.0. The van der Waals surface area contributed by atoms with Crippen LogP contribution in [0.5, 0.6) is 5.75 Å². The van der Waals surface area contributed by atoms with Gasteiger partial charge in [0.2, 0.25) is 12.4 Å². The number of carbonyl (C=O) groups excluding carboxylic acids is 1. The number of amides is 1. The lowest BCUT2D eigenvalue weighted by Gasteiger charge is -2.36. The number of nitrogens with two attached hydrogens (primary N) is 1. The maximum Gasteiger partial charge on any atom is 0.220 e. The summed E-state index contributed by atoms with van der Waals surface area (Å²) in [4.78, 5) is 20.6. The number of nitrogens with zero attached hydrogens (tertiary/aromatic N) is 3. The fraction of sp³-hybridized carbons (Fsp3) is 0.381. The van der Waals surface area contributed by atoms with Crippen molar-refractivity contribution in [2.75, 3.05) is 13.7 Å². The highest BCUT2D eigenvalue weighted by Gasteiger charge is 2.37. The first-order chi connectivity index (χ1) is 14.0. The van der Waals surface area contributed by atoms with Gasteiger partial charge in [-0.1, -0.05) is 13.0 Å². The standard InChI is InChI=1S/C21H25FN4O3/c1-4-10-28-19-13(2)29-17-8-7-14(15-6-5-9-24-20(15)22)11-16(17)18(19)25-21(23)26(3)12-27/h5-9,11-13,18-19H,4,10H2,1-3H3,(H2,23,25)/t13-,18-,19+/m0/s1. The number of aromatic nitrogens is 1. The number of hydrogen-bond acceptors (Lipinski definition) is 5. The summed E-state index contributed by atoms with van der Waals surface area (Å²) in [5.41, 5.74) is 7.74. The molecule has 2 N–H and O–H groups in total. The van der Waals surface area contributed by atoms with Crippen LogP contribution >= 0.6 is 0 Å². The van der Waals surface area contributed by atoms with E-state index in [9.17, 15) is 9.18 Å². The van der Waals surface area contributed by atoms with Crippen molar-refractivity contribution < 1.29 is 18.7 Å². The third kappa shape index (κ3) is 4.37. The summed E-state index contributed by atoms with van der Waals surface area (Å²) in [6.45, 7) is 4.44. The molecule has 1 aromatic heterocycles. The molecule has 2 aromatic rings. The number of aliphatic imine (C=N–C) groups is 1. The normalized spacial score (nSPS) is 21.2. The van der Waals surface area contributed by atoms with E-state index in [-0.39, 0.29) is 12.1 Å². The van der Waals surface area contributed by atoms with E-state index in [1.54, 1.807) is 24.3 Å². The molecule has 8 heteroatoms. The van der Waals surface area contributed by atoms with Crippen molar-refractivity contribution in [1.29, 1.82) is 0 Å². The molecule has 0 aliphatic carbocycles. The van der Waals surface area contributed by atoms with Crippen molar-refractivity contribution in [2.24, 2.45) is 10.7 Å². The first kappa shape index (κ1) is 20.7. The number of halogens is 1. The van der Waals surface area contributed by atoms with E-state index in [0.717, 1.165) is 6.42 Å². The second kappa shape index (κ2) is 9.00. The van der Waals surface area contributed by atoms with Crippen molar-refractivity contribution in [3.63, 3.8) is 0 Å². The van der Waals surface area contributed by atoms with Gasteiger partial charge < -0.3 is 15.2 Å². The molecule has 3 atom stereocenters. The Bertz CT molecular complexity index is 905. The lowest BCUT2D eigenvalue weighted by atomic mass is 9.91. The van der Waals surface area contributed by atoms with E-state index < -0.39 is 18.1 Å². The number of benzene rings is 1. The van der Waals surface area contributed by atoms with E-state index in [1.807, 2.05) is 19.9 Å². The predicted octanol–water partition coefficient (Wildman–Crippen LogP) is 2.91.